The largest absolute Gasteiger partial charge is 0.332 e. The fourth-order valence-corrected chi connectivity index (χ4v) is 7.74. The van der Waals surface area contributed by atoms with Crippen molar-refractivity contribution in [2.24, 2.45) is 11.8 Å². The van der Waals surface area contributed by atoms with Gasteiger partial charge in [0.1, 0.15) is 17.2 Å². The van der Waals surface area contributed by atoms with E-state index in [2.05, 4.69) is 0 Å². The molecule has 0 spiro atoms. The lowest BCUT2D eigenvalue weighted by Gasteiger charge is -2.37. The van der Waals surface area contributed by atoms with Crippen LogP contribution in [0.1, 0.15) is 49.3 Å². The molecule has 3 aromatic rings. The first kappa shape index (κ1) is 26.5. The third-order valence-corrected chi connectivity index (χ3v) is 9.45. The summed E-state index contributed by atoms with van der Waals surface area (Å²) in [5, 5.41) is 0. The number of carbonyl (C=O) groups excluding carboxylic acids is 4. The third kappa shape index (κ3) is 3.75. The van der Waals surface area contributed by atoms with E-state index in [1.165, 1.54) is 52.3 Å². The molecule has 5 amide bonds. The molecule has 3 saturated heterocycles. The van der Waals surface area contributed by atoms with Gasteiger partial charge in [0.05, 0.1) is 23.6 Å². The van der Waals surface area contributed by atoms with E-state index >= 15 is 0 Å². The number of benzene rings is 3. The maximum Gasteiger partial charge on any atom is 0.332 e. The van der Waals surface area contributed by atoms with Crippen LogP contribution in [0.5, 0.6) is 0 Å². The van der Waals surface area contributed by atoms with Gasteiger partial charge in [-0.05, 0) is 54.3 Å². The Morgan fingerprint density at radius 2 is 1.48 bits per heavy atom. The number of carbonyl (C=O) groups is 4. The molecule has 7 rings (SSSR count). The number of nitrogens with zero attached hydrogens (tertiary/aromatic N) is 3. The van der Waals surface area contributed by atoms with Crippen LogP contribution in [-0.2, 0) is 20.8 Å². The lowest BCUT2D eigenvalue weighted by atomic mass is 9.75. The standard InChI is InChI=1S/C33H29F2N3O4/c34-22-16-14-21(15-17-22)28-26-27(30(40)36(29(26)39)24-11-5-2-6-12-24)33(19-20-8-3-1-4-9-20)31(41)37(32(42)38(28)33)25-13-7-10-23(35)18-25/h1,3-4,7-10,13-18,24,26-28H,2,5-6,11-12,19H2/t26-,27-,28-,33-/m1/s1. The molecule has 0 N–H and O–H groups in total. The molecule has 4 atom stereocenters. The minimum atomic E-state index is -1.75. The van der Waals surface area contributed by atoms with Gasteiger partial charge in [-0.3, -0.25) is 19.3 Å². The van der Waals surface area contributed by atoms with Crippen LogP contribution in [0.4, 0.5) is 19.3 Å². The topological polar surface area (TPSA) is 78.0 Å². The molecule has 0 radical (unpaired) electrons. The molecule has 1 saturated carbocycles. The van der Waals surface area contributed by atoms with Gasteiger partial charge in [0.2, 0.25) is 11.8 Å². The summed E-state index contributed by atoms with van der Waals surface area (Å²) in [5.74, 6) is -4.82. The van der Waals surface area contributed by atoms with E-state index in [9.17, 15) is 28.0 Å². The van der Waals surface area contributed by atoms with Gasteiger partial charge in [-0.25, -0.2) is 18.5 Å². The van der Waals surface area contributed by atoms with Gasteiger partial charge in [-0.1, -0.05) is 67.8 Å². The zero-order chi connectivity index (χ0) is 29.2. The number of anilines is 1. The lowest BCUT2D eigenvalue weighted by Crippen LogP contribution is -2.56. The number of imide groups is 2. The molecule has 42 heavy (non-hydrogen) atoms. The highest BCUT2D eigenvalue weighted by Crippen LogP contribution is 2.60. The van der Waals surface area contributed by atoms with Gasteiger partial charge in [0.15, 0.2) is 0 Å². The number of rotatable bonds is 5. The van der Waals surface area contributed by atoms with Crippen molar-refractivity contribution in [1.29, 1.82) is 0 Å². The predicted molar refractivity (Wildman–Crippen MR) is 149 cm³/mol. The zero-order valence-electron chi connectivity index (χ0n) is 22.8. The van der Waals surface area contributed by atoms with Gasteiger partial charge in [-0.2, -0.15) is 0 Å². The Labute approximate surface area is 241 Å². The van der Waals surface area contributed by atoms with Crippen LogP contribution in [-0.4, -0.2) is 45.1 Å². The van der Waals surface area contributed by atoms with E-state index in [4.69, 9.17) is 0 Å². The molecule has 4 aliphatic rings. The fraction of sp³-hybridized carbons (Fsp3) is 0.333. The van der Waals surface area contributed by atoms with Crippen LogP contribution in [0.25, 0.3) is 0 Å². The smallest absolute Gasteiger partial charge is 0.300 e. The Morgan fingerprint density at radius 3 is 2.17 bits per heavy atom. The Balaban J connectivity index is 1.45. The lowest BCUT2D eigenvalue weighted by molar-refractivity contribution is -0.147. The van der Waals surface area contributed by atoms with Crippen LogP contribution < -0.4 is 4.90 Å². The van der Waals surface area contributed by atoms with Crippen LogP contribution in [0.15, 0.2) is 78.9 Å². The average Bonchev–Trinajstić information content (AvgIpc) is 3.52. The molecule has 4 fully saturated rings. The number of hydrogen-bond acceptors (Lipinski definition) is 4. The highest BCUT2D eigenvalue weighted by molar-refractivity contribution is 6.27. The second kappa shape index (κ2) is 9.86. The third-order valence-electron chi connectivity index (χ3n) is 9.45. The van der Waals surface area contributed by atoms with E-state index in [0.717, 1.165) is 30.2 Å². The van der Waals surface area contributed by atoms with Gasteiger partial charge >= 0.3 is 6.03 Å². The fourth-order valence-electron chi connectivity index (χ4n) is 7.74. The van der Waals surface area contributed by atoms with Gasteiger partial charge in [0, 0.05) is 12.5 Å². The molecule has 1 aliphatic carbocycles. The summed E-state index contributed by atoms with van der Waals surface area (Å²) in [5.41, 5.74) is -0.540. The summed E-state index contributed by atoms with van der Waals surface area (Å²) in [6.07, 6.45) is 4.18. The zero-order valence-corrected chi connectivity index (χ0v) is 22.8. The minimum absolute atomic E-state index is 0.0133. The Hall–Kier alpha value is -4.40. The normalized spacial score (nSPS) is 27.7. The quantitative estimate of drug-likeness (QED) is 0.304. The second-order valence-corrected chi connectivity index (χ2v) is 11.7. The Bertz CT molecular complexity index is 1590. The molecule has 9 heteroatoms. The van der Waals surface area contributed by atoms with E-state index in [-0.39, 0.29) is 18.2 Å². The number of amides is 5. The average molecular weight is 570 g/mol. The first-order valence-corrected chi connectivity index (χ1v) is 14.4. The minimum Gasteiger partial charge on any atom is -0.300 e. The summed E-state index contributed by atoms with van der Waals surface area (Å²) in [6, 6.07) is 17.7. The summed E-state index contributed by atoms with van der Waals surface area (Å²) in [7, 11) is 0. The highest BCUT2D eigenvalue weighted by Gasteiger charge is 2.77. The van der Waals surface area contributed by atoms with Crippen LogP contribution in [0.2, 0.25) is 0 Å². The van der Waals surface area contributed by atoms with Gasteiger partial charge < -0.3 is 4.90 Å². The molecule has 0 bridgehead atoms. The Kier molecular flexibility index (Phi) is 6.22. The molecule has 0 aromatic heterocycles. The predicted octanol–water partition coefficient (Wildman–Crippen LogP) is 5.40. The second-order valence-electron chi connectivity index (χ2n) is 11.7. The van der Waals surface area contributed by atoms with E-state index in [1.807, 2.05) is 30.3 Å². The first-order chi connectivity index (χ1) is 20.3. The first-order valence-electron chi connectivity index (χ1n) is 14.4. The number of hydrogen-bond donors (Lipinski definition) is 0. The van der Waals surface area contributed by atoms with Crippen molar-refractivity contribution in [3.8, 4) is 0 Å². The highest BCUT2D eigenvalue weighted by atomic mass is 19.1. The summed E-state index contributed by atoms with van der Waals surface area (Å²) >= 11 is 0. The molecule has 3 aliphatic heterocycles. The van der Waals surface area contributed by atoms with Gasteiger partial charge in [0.25, 0.3) is 5.91 Å². The molecule has 3 heterocycles. The van der Waals surface area contributed by atoms with Crippen molar-refractivity contribution in [2.75, 3.05) is 4.90 Å². The van der Waals surface area contributed by atoms with E-state index < -0.39 is 58.8 Å². The van der Waals surface area contributed by atoms with Crippen molar-refractivity contribution in [1.82, 2.24) is 9.80 Å². The maximum absolute atomic E-state index is 14.7. The van der Waals surface area contributed by atoms with Gasteiger partial charge in [-0.15, -0.1) is 0 Å². The Morgan fingerprint density at radius 1 is 0.762 bits per heavy atom. The van der Waals surface area contributed by atoms with Crippen molar-refractivity contribution < 1.29 is 28.0 Å². The summed E-state index contributed by atoms with van der Waals surface area (Å²) < 4.78 is 28.4. The summed E-state index contributed by atoms with van der Waals surface area (Å²) in [6.45, 7) is 0. The molecular weight excluding hydrogens is 540 g/mol. The number of fused-ring (bicyclic) bond motifs is 3. The van der Waals surface area contributed by atoms with E-state index in [0.29, 0.717) is 24.0 Å². The van der Waals surface area contributed by atoms with Crippen molar-refractivity contribution in [3.63, 3.8) is 0 Å². The number of halogens is 2. The van der Waals surface area contributed by atoms with Crippen molar-refractivity contribution in [2.45, 2.75) is 56.1 Å². The number of likely N-dealkylation sites (tertiary alicyclic amines) is 1. The van der Waals surface area contributed by atoms with Crippen molar-refractivity contribution in [3.05, 3.63) is 102 Å². The SMILES string of the molecule is O=C1[C@H]2[C@@H](c3ccc(F)cc3)N3C(=O)N(c4cccc(F)c4)C(=O)[C@@]3(Cc3ccccc3)[C@H]2C(=O)N1C1CCCCC1. The van der Waals surface area contributed by atoms with Crippen LogP contribution in [0, 0.1) is 23.5 Å². The van der Waals surface area contributed by atoms with Crippen LogP contribution in [0.3, 0.4) is 0 Å². The molecule has 7 nitrogen and oxygen atoms in total. The van der Waals surface area contributed by atoms with Crippen LogP contribution >= 0.6 is 0 Å². The molecule has 0 unspecified atom stereocenters. The monoisotopic (exact) mass is 569 g/mol. The van der Waals surface area contributed by atoms with Crippen molar-refractivity contribution >= 4 is 29.4 Å². The maximum atomic E-state index is 14.7. The summed E-state index contributed by atoms with van der Waals surface area (Å²) in [4.78, 5) is 61.6. The molecule has 214 valence electrons. The number of urea groups is 1. The molecule has 3 aromatic carbocycles. The molecular formula is C33H29F2N3O4. The van der Waals surface area contributed by atoms with E-state index in [1.54, 1.807) is 0 Å².